The lowest BCUT2D eigenvalue weighted by atomic mass is 10.2. The fourth-order valence-corrected chi connectivity index (χ4v) is 2.57. The molecule has 0 aromatic carbocycles. The Kier molecular flexibility index (Phi) is 4.55. The van der Waals surface area contributed by atoms with Gasteiger partial charge < -0.3 is 20.1 Å². The Balaban J connectivity index is 1.93. The molecule has 0 atom stereocenters. The molecule has 1 aliphatic rings. The van der Waals surface area contributed by atoms with Crippen LogP contribution in [0, 0.1) is 13.8 Å². The maximum atomic E-state index is 12.5. The molecule has 2 N–H and O–H groups in total. The zero-order valence-corrected chi connectivity index (χ0v) is 13.2. The smallest absolute Gasteiger partial charge is 0.317 e. The molecule has 1 aromatic rings. The number of rotatable bonds is 2. The first-order valence-corrected chi connectivity index (χ1v) is 7.39. The molecule has 0 radical (unpaired) electrons. The summed E-state index contributed by atoms with van der Waals surface area (Å²) in [6.07, 6.45) is 0. The van der Waals surface area contributed by atoms with E-state index in [2.05, 4.69) is 10.3 Å². The number of aryl methyl sites for hydroxylation is 2. The number of hydrogen-bond acceptors (Lipinski definition) is 2. The number of carbonyl (C=O) groups is 2. The monoisotopic (exact) mass is 292 g/mol. The van der Waals surface area contributed by atoms with Crippen molar-refractivity contribution in [2.45, 2.75) is 33.7 Å². The first-order chi connectivity index (χ1) is 9.88. The summed E-state index contributed by atoms with van der Waals surface area (Å²) in [6.45, 7) is 10.0. The van der Waals surface area contributed by atoms with Crippen LogP contribution in [0.1, 0.15) is 35.6 Å². The second-order valence-corrected chi connectivity index (χ2v) is 5.87. The largest absolute Gasteiger partial charge is 0.362 e. The zero-order chi connectivity index (χ0) is 15.6. The van der Waals surface area contributed by atoms with Crippen molar-refractivity contribution >= 4 is 11.9 Å². The predicted molar refractivity (Wildman–Crippen MR) is 81.4 cm³/mol. The van der Waals surface area contributed by atoms with Gasteiger partial charge in [0.15, 0.2) is 0 Å². The van der Waals surface area contributed by atoms with Gasteiger partial charge in [0.1, 0.15) is 0 Å². The van der Waals surface area contributed by atoms with E-state index in [1.54, 1.807) is 4.90 Å². The van der Waals surface area contributed by atoms with Gasteiger partial charge in [-0.05, 0) is 33.8 Å². The maximum Gasteiger partial charge on any atom is 0.317 e. The fourth-order valence-electron chi connectivity index (χ4n) is 2.57. The van der Waals surface area contributed by atoms with E-state index in [4.69, 9.17) is 0 Å². The highest BCUT2D eigenvalue weighted by molar-refractivity contribution is 5.95. The molecule has 2 rings (SSSR count). The van der Waals surface area contributed by atoms with Crippen LogP contribution in [0.5, 0.6) is 0 Å². The second kappa shape index (κ2) is 6.20. The van der Waals surface area contributed by atoms with Gasteiger partial charge in [-0.1, -0.05) is 0 Å². The van der Waals surface area contributed by atoms with Gasteiger partial charge in [0, 0.05) is 43.6 Å². The molecule has 21 heavy (non-hydrogen) atoms. The molecule has 0 unspecified atom stereocenters. The van der Waals surface area contributed by atoms with Gasteiger partial charge in [-0.15, -0.1) is 0 Å². The van der Waals surface area contributed by atoms with Crippen molar-refractivity contribution in [2.75, 3.05) is 26.2 Å². The zero-order valence-electron chi connectivity index (χ0n) is 13.2. The number of hydrogen-bond donors (Lipinski definition) is 2. The molecule has 1 aromatic heterocycles. The number of H-pyrrole nitrogens is 1. The van der Waals surface area contributed by atoms with Gasteiger partial charge in [0.25, 0.3) is 5.91 Å². The van der Waals surface area contributed by atoms with E-state index in [0.29, 0.717) is 26.2 Å². The third kappa shape index (κ3) is 3.56. The molecule has 6 heteroatoms. The average molecular weight is 292 g/mol. The van der Waals surface area contributed by atoms with Gasteiger partial charge in [-0.25, -0.2) is 4.79 Å². The number of carbonyl (C=O) groups excluding carboxylic acids is 2. The highest BCUT2D eigenvalue weighted by atomic mass is 16.2. The first-order valence-electron chi connectivity index (χ1n) is 7.39. The molecule has 116 valence electrons. The molecule has 0 aliphatic carbocycles. The Labute approximate surface area is 125 Å². The lowest BCUT2D eigenvalue weighted by Gasteiger charge is -2.35. The Hall–Kier alpha value is -1.98. The van der Waals surface area contributed by atoms with Gasteiger partial charge in [-0.3, -0.25) is 4.79 Å². The summed E-state index contributed by atoms with van der Waals surface area (Å²) in [5.74, 6) is 0.0424. The summed E-state index contributed by atoms with van der Waals surface area (Å²) in [5, 5.41) is 2.88. The van der Waals surface area contributed by atoms with Gasteiger partial charge in [0.05, 0.1) is 5.56 Å². The number of piperazine rings is 1. The normalized spacial score (nSPS) is 15.5. The minimum Gasteiger partial charge on any atom is -0.362 e. The van der Waals surface area contributed by atoms with Gasteiger partial charge >= 0.3 is 6.03 Å². The van der Waals surface area contributed by atoms with Crippen molar-refractivity contribution in [1.82, 2.24) is 20.1 Å². The van der Waals surface area contributed by atoms with Crippen molar-refractivity contribution in [1.29, 1.82) is 0 Å². The van der Waals surface area contributed by atoms with Crippen molar-refractivity contribution in [2.24, 2.45) is 0 Å². The van der Waals surface area contributed by atoms with E-state index in [-0.39, 0.29) is 18.0 Å². The SMILES string of the molecule is Cc1cc(C(=O)N2CCN(C(=O)NC(C)C)CC2)c(C)[nH]1. The van der Waals surface area contributed by atoms with Crippen LogP contribution in [0.15, 0.2) is 6.07 Å². The molecule has 0 bridgehead atoms. The highest BCUT2D eigenvalue weighted by Gasteiger charge is 2.26. The lowest BCUT2D eigenvalue weighted by Crippen LogP contribution is -2.54. The van der Waals surface area contributed by atoms with Crippen LogP contribution in [-0.2, 0) is 0 Å². The van der Waals surface area contributed by atoms with Crippen LogP contribution in [0.2, 0.25) is 0 Å². The summed E-state index contributed by atoms with van der Waals surface area (Å²) in [7, 11) is 0. The third-order valence-corrected chi connectivity index (χ3v) is 3.65. The Morgan fingerprint density at radius 2 is 1.71 bits per heavy atom. The Bertz CT molecular complexity index is 528. The van der Waals surface area contributed by atoms with E-state index < -0.39 is 0 Å². The second-order valence-electron chi connectivity index (χ2n) is 5.87. The Morgan fingerprint density at radius 3 is 2.19 bits per heavy atom. The van der Waals surface area contributed by atoms with Crippen LogP contribution in [0.25, 0.3) is 0 Å². The number of aromatic amines is 1. The van der Waals surface area contributed by atoms with Crippen LogP contribution < -0.4 is 5.32 Å². The van der Waals surface area contributed by atoms with E-state index in [9.17, 15) is 9.59 Å². The van der Waals surface area contributed by atoms with Crippen molar-refractivity contribution in [3.8, 4) is 0 Å². The average Bonchev–Trinajstić information content (AvgIpc) is 2.76. The van der Waals surface area contributed by atoms with Gasteiger partial charge in [-0.2, -0.15) is 0 Å². The predicted octanol–water partition coefficient (Wildman–Crippen LogP) is 1.51. The highest BCUT2D eigenvalue weighted by Crippen LogP contribution is 2.14. The fraction of sp³-hybridized carbons (Fsp3) is 0.600. The number of nitrogens with zero attached hydrogens (tertiary/aromatic N) is 2. The van der Waals surface area contributed by atoms with Crippen molar-refractivity contribution in [3.63, 3.8) is 0 Å². The third-order valence-electron chi connectivity index (χ3n) is 3.65. The number of nitrogens with one attached hydrogen (secondary N) is 2. The molecular formula is C15H24N4O2. The molecule has 1 saturated heterocycles. The minimum absolute atomic E-state index is 0.0424. The quantitative estimate of drug-likeness (QED) is 0.867. The van der Waals surface area contributed by atoms with Crippen molar-refractivity contribution in [3.05, 3.63) is 23.0 Å². The summed E-state index contributed by atoms with van der Waals surface area (Å²) in [5.41, 5.74) is 2.62. The first kappa shape index (κ1) is 15.4. The van der Waals surface area contributed by atoms with Crippen LogP contribution >= 0.6 is 0 Å². The van der Waals surface area contributed by atoms with Crippen molar-refractivity contribution < 1.29 is 9.59 Å². The van der Waals surface area contributed by atoms with E-state index in [1.807, 2.05) is 38.7 Å². The van der Waals surface area contributed by atoms with Crippen LogP contribution in [0.4, 0.5) is 4.79 Å². The molecular weight excluding hydrogens is 268 g/mol. The van der Waals surface area contributed by atoms with E-state index in [1.165, 1.54) is 0 Å². The summed E-state index contributed by atoms with van der Waals surface area (Å²) in [6, 6.07) is 1.96. The van der Waals surface area contributed by atoms with Crippen LogP contribution in [0.3, 0.4) is 0 Å². The maximum absolute atomic E-state index is 12.5. The molecule has 0 spiro atoms. The molecule has 1 aliphatic heterocycles. The number of urea groups is 1. The Morgan fingerprint density at radius 1 is 1.14 bits per heavy atom. The van der Waals surface area contributed by atoms with E-state index in [0.717, 1.165) is 17.0 Å². The number of amides is 3. The summed E-state index contributed by atoms with van der Waals surface area (Å²) < 4.78 is 0. The molecule has 3 amide bonds. The molecule has 2 heterocycles. The lowest BCUT2D eigenvalue weighted by molar-refractivity contribution is 0.0663. The summed E-state index contributed by atoms with van der Waals surface area (Å²) >= 11 is 0. The van der Waals surface area contributed by atoms with E-state index >= 15 is 0 Å². The molecule has 0 saturated carbocycles. The molecule has 6 nitrogen and oxygen atoms in total. The van der Waals surface area contributed by atoms with Gasteiger partial charge in [0.2, 0.25) is 0 Å². The molecule has 1 fully saturated rings. The topological polar surface area (TPSA) is 68.4 Å². The summed E-state index contributed by atoms with van der Waals surface area (Å²) in [4.78, 5) is 31.1. The van der Waals surface area contributed by atoms with Crippen LogP contribution in [-0.4, -0.2) is 58.9 Å². The number of aromatic nitrogens is 1. The standard InChI is InChI=1S/C15H24N4O2/c1-10(2)16-15(21)19-7-5-18(6-8-19)14(20)13-9-11(3)17-12(13)4/h9-10,17H,5-8H2,1-4H3,(H,16,21). The minimum atomic E-state index is -0.0502.